The Morgan fingerprint density at radius 1 is 1.09 bits per heavy atom. The largest absolute Gasteiger partial charge is 0.444 e. The van der Waals surface area contributed by atoms with Crippen molar-refractivity contribution in [2.75, 3.05) is 32.7 Å². The van der Waals surface area contributed by atoms with Crippen molar-refractivity contribution in [3.63, 3.8) is 0 Å². The Morgan fingerprint density at radius 3 is 2.30 bits per heavy atom. The number of rotatable bonds is 8. The number of hydrogen-bond donors (Lipinski definition) is 3. The average Bonchev–Trinajstić information content (AvgIpc) is 2.68. The van der Waals surface area contributed by atoms with Gasteiger partial charge in [0.05, 0.1) is 18.8 Å². The van der Waals surface area contributed by atoms with Gasteiger partial charge in [0.2, 0.25) is 0 Å². The van der Waals surface area contributed by atoms with Crippen LogP contribution in [0.3, 0.4) is 0 Å². The van der Waals surface area contributed by atoms with Crippen molar-refractivity contribution in [1.29, 1.82) is 0 Å². The Morgan fingerprint density at radius 2 is 1.70 bits per heavy atom. The number of aliphatic imine (C=N–C) groups is 1. The molecule has 0 saturated carbocycles. The summed E-state index contributed by atoms with van der Waals surface area (Å²) in [6, 6.07) is 8.46. The molecule has 0 aromatic heterocycles. The topological polar surface area (TPSA) is 87.2 Å². The number of hydrogen-bond acceptors (Lipinski definition) is 5. The van der Waals surface area contributed by atoms with Gasteiger partial charge in [-0.15, -0.1) is 24.0 Å². The van der Waals surface area contributed by atoms with Crippen molar-refractivity contribution in [3.05, 3.63) is 35.4 Å². The highest BCUT2D eigenvalue weighted by Gasteiger charge is 2.22. The molecular formula is C24H42IN5O3. The van der Waals surface area contributed by atoms with Gasteiger partial charge in [-0.2, -0.15) is 0 Å². The molecule has 0 spiro atoms. The number of ether oxygens (including phenoxy) is 2. The van der Waals surface area contributed by atoms with E-state index in [4.69, 9.17) is 14.5 Å². The predicted octanol–water partition coefficient (Wildman–Crippen LogP) is 3.49. The molecule has 1 aliphatic heterocycles. The van der Waals surface area contributed by atoms with E-state index < -0.39 is 11.7 Å². The number of alkyl carbamates (subject to hydrolysis) is 1. The molecule has 1 fully saturated rings. The van der Waals surface area contributed by atoms with Crippen LogP contribution >= 0.6 is 24.0 Å². The minimum absolute atomic E-state index is 0. The van der Waals surface area contributed by atoms with Crippen molar-refractivity contribution in [2.24, 2.45) is 4.99 Å². The molecule has 2 atom stereocenters. The predicted molar refractivity (Wildman–Crippen MR) is 144 cm³/mol. The van der Waals surface area contributed by atoms with Gasteiger partial charge >= 0.3 is 6.09 Å². The van der Waals surface area contributed by atoms with E-state index in [1.807, 2.05) is 27.7 Å². The zero-order valence-electron chi connectivity index (χ0n) is 20.9. The standard InChI is InChI=1S/C24H41N5O3.HI/c1-7-25-22(26-12-13-27-23(30)32-24(4,5)6)28-14-20-10-8-9-11-21(20)17-29-15-18(2)31-19(3)16-29;/h8-11,18-19H,7,12-17H2,1-6H3,(H,27,30)(H2,25,26,28);1H. The molecule has 1 amide bonds. The Labute approximate surface area is 216 Å². The van der Waals surface area contributed by atoms with E-state index in [0.29, 0.717) is 19.6 Å². The highest BCUT2D eigenvalue weighted by molar-refractivity contribution is 14.0. The maximum Gasteiger partial charge on any atom is 0.407 e. The van der Waals surface area contributed by atoms with Gasteiger partial charge < -0.3 is 25.4 Å². The van der Waals surface area contributed by atoms with E-state index in [1.54, 1.807) is 0 Å². The van der Waals surface area contributed by atoms with Gasteiger partial charge in [-0.05, 0) is 52.7 Å². The highest BCUT2D eigenvalue weighted by Crippen LogP contribution is 2.17. The van der Waals surface area contributed by atoms with Crippen LogP contribution in [-0.2, 0) is 22.6 Å². The smallest absolute Gasteiger partial charge is 0.407 e. The maximum absolute atomic E-state index is 11.8. The molecule has 188 valence electrons. The summed E-state index contributed by atoms with van der Waals surface area (Å²) in [6.45, 7) is 17.0. The summed E-state index contributed by atoms with van der Waals surface area (Å²) in [5, 5.41) is 9.27. The number of morpholine rings is 1. The molecule has 1 aromatic carbocycles. The number of carbonyl (C=O) groups excluding carboxylic acids is 1. The van der Waals surface area contributed by atoms with Gasteiger partial charge in [0.25, 0.3) is 0 Å². The van der Waals surface area contributed by atoms with E-state index in [1.165, 1.54) is 11.1 Å². The molecule has 0 aliphatic carbocycles. The second kappa shape index (κ2) is 14.6. The Balaban J connectivity index is 0.00000544. The molecule has 9 heteroatoms. The van der Waals surface area contributed by atoms with E-state index >= 15 is 0 Å². The fraction of sp³-hybridized carbons (Fsp3) is 0.667. The van der Waals surface area contributed by atoms with Crippen LogP contribution < -0.4 is 16.0 Å². The molecule has 2 rings (SSSR count). The van der Waals surface area contributed by atoms with Crippen LogP contribution in [0.2, 0.25) is 0 Å². The summed E-state index contributed by atoms with van der Waals surface area (Å²) in [6.07, 6.45) is 0.0903. The molecule has 0 bridgehead atoms. The lowest BCUT2D eigenvalue weighted by Crippen LogP contribution is -2.45. The zero-order valence-corrected chi connectivity index (χ0v) is 23.3. The first-order valence-corrected chi connectivity index (χ1v) is 11.6. The van der Waals surface area contributed by atoms with Crippen LogP contribution in [0.5, 0.6) is 0 Å². The summed E-state index contributed by atoms with van der Waals surface area (Å²) in [4.78, 5) is 19.0. The number of carbonyl (C=O) groups is 1. The first-order valence-electron chi connectivity index (χ1n) is 11.6. The third-order valence-electron chi connectivity index (χ3n) is 4.84. The first kappa shape index (κ1) is 29.4. The Bertz CT molecular complexity index is 744. The fourth-order valence-corrected chi connectivity index (χ4v) is 3.69. The molecule has 2 unspecified atom stereocenters. The van der Waals surface area contributed by atoms with Crippen molar-refractivity contribution in [2.45, 2.75) is 72.4 Å². The number of guanidine groups is 1. The summed E-state index contributed by atoms with van der Waals surface area (Å²) >= 11 is 0. The second-order valence-corrected chi connectivity index (χ2v) is 9.27. The van der Waals surface area contributed by atoms with Crippen LogP contribution in [0.1, 0.15) is 52.7 Å². The highest BCUT2D eigenvalue weighted by atomic mass is 127. The summed E-state index contributed by atoms with van der Waals surface area (Å²) in [7, 11) is 0. The SMILES string of the molecule is CCNC(=NCc1ccccc1CN1CC(C)OC(C)C1)NCCNC(=O)OC(C)(C)C.I. The molecule has 1 saturated heterocycles. The lowest BCUT2D eigenvalue weighted by Gasteiger charge is -2.35. The monoisotopic (exact) mass is 575 g/mol. The van der Waals surface area contributed by atoms with Gasteiger partial charge in [-0.25, -0.2) is 9.79 Å². The average molecular weight is 576 g/mol. The fourth-order valence-electron chi connectivity index (χ4n) is 3.69. The van der Waals surface area contributed by atoms with Gasteiger partial charge in [-0.3, -0.25) is 4.90 Å². The van der Waals surface area contributed by atoms with Crippen LogP contribution in [0.4, 0.5) is 4.79 Å². The minimum Gasteiger partial charge on any atom is -0.444 e. The molecule has 8 nitrogen and oxygen atoms in total. The molecule has 1 aromatic rings. The van der Waals surface area contributed by atoms with E-state index in [2.05, 4.69) is 59.0 Å². The molecular weight excluding hydrogens is 533 g/mol. The van der Waals surface area contributed by atoms with Gasteiger partial charge in [0, 0.05) is 39.3 Å². The van der Waals surface area contributed by atoms with Crippen molar-refractivity contribution < 1.29 is 14.3 Å². The number of amides is 1. The summed E-state index contributed by atoms with van der Waals surface area (Å²) < 4.78 is 11.1. The van der Waals surface area contributed by atoms with Gasteiger partial charge in [0.1, 0.15) is 5.60 Å². The van der Waals surface area contributed by atoms with Crippen LogP contribution in [0.25, 0.3) is 0 Å². The second-order valence-electron chi connectivity index (χ2n) is 9.27. The van der Waals surface area contributed by atoms with Crippen molar-refractivity contribution >= 4 is 36.0 Å². The third kappa shape index (κ3) is 11.9. The Hall–Kier alpha value is -1.59. The first-order chi connectivity index (χ1) is 15.2. The number of halogens is 1. The lowest BCUT2D eigenvalue weighted by atomic mass is 10.1. The summed E-state index contributed by atoms with van der Waals surface area (Å²) in [5.74, 6) is 0.724. The maximum atomic E-state index is 11.8. The van der Waals surface area contributed by atoms with E-state index in [-0.39, 0.29) is 36.2 Å². The number of benzene rings is 1. The van der Waals surface area contributed by atoms with Gasteiger partial charge in [-0.1, -0.05) is 24.3 Å². The van der Waals surface area contributed by atoms with Crippen LogP contribution in [0.15, 0.2) is 29.3 Å². The number of nitrogens with one attached hydrogen (secondary N) is 3. The zero-order chi connectivity index (χ0) is 23.6. The summed E-state index contributed by atoms with van der Waals surface area (Å²) in [5.41, 5.74) is 2.00. The quantitative estimate of drug-likeness (QED) is 0.191. The molecule has 1 aliphatic rings. The minimum atomic E-state index is -0.501. The normalized spacial score (nSPS) is 19.4. The lowest BCUT2D eigenvalue weighted by molar-refractivity contribution is -0.0705. The van der Waals surface area contributed by atoms with E-state index in [0.717, 1.165) is 32.1 Å². The number of nitrogens with zero attached hydrogens (tertiary/aromatic N) is 2. The molecule has 3 N–H and O–H groups in total. The molecule has 33 heavy (non-hydrogen) atoms. The molecule has 1 heterocycles. The van der Waals surface area contributed by atoms with Crippen molar-refractivity contribution in [1.82, 2.24) is 20.9 Å². The van der Waals surface area contributed by atoms with E-state index in [9.17, 15) is 4.79 Å². The van der Waals surface area contributed by atoms with Crippen molar-refractivity contribution in [3.8, 4) is 0 Å². The van der Waals surface area contributed by atoms with Crippen LogP contribution in [0, 0.1) is 0 Å². The van der Waals surface area contributed by atoms with Gasteiger partial charge in [0.15, 0.2) is 5.96 Å². The molecule has 0 radical (unpaired) electrons. The van der Waals surface area contributed by atoms with Crippen LogP contribution in [-0.4, -0.2) is 67.5 Å². The third-order valence-corrected chi connectivity index (χ3v) is 4.84. The Kier molecular flexibility index (Phi) is 13.0.